The second-order valence-corrected chi connectivity index (χ2v) is 5.08. The van der Waals surface area contributed by atoms with E-state index in [1.54, 1.807) is 0 Å². The summed E-state index contributed by atoms with van der Waals surface area (Å²) in [6.07, 6.45) is 0. The lowest BCUT2D eigenvalue weighted by Gasteiger charge is -2.10. The predicted octanol–water partition coefficient (Wildman–Crippen LogP) is 2.64. The Morgan fingerprint density at radius 1 is 1.05 bits per heavy atom. The second kappa shape index (κ2) is 6.80. The summed E-state index contributed by atoms with van der Waals surface area (Å²) in [5.41, 5.74) is 3.62. The quantitative estimate of drug-likeness (QED) is 0.659. The Bertz CT molecular complexity index is 687. The summed E-state index contributed by atoms with van der Waals surface area (Å²) in [6.45, 7) is 7.18. The third kappa shape index (κ3) is 4.66. The van der Waals surface area contributed by atoms with Gasteiger partial charge < -0.3 is 5.32 Å². The molecule has 2 aromatic rings. The number of aryl methyl sites for hydroxylation is 3. The van der Waals surface area contributed by atoms with Gasteiger partial charge in [0.1, 0.15) is 0 Å². The van der Waals surface area contributed by atoms with E-state index in [2.05, 4.69) is 25.6 Å². The molecule has 0 bridgehead atoms. The van der Waals surface area contributed by atoms with Gasteiger partial charge in [-0.3, -0.25) is 10.1 Å². The number of nitrogens with zero attached hydrogens (tertiary/aromatic N) is 3. The van der Waals surface area contributed by atoms with Gasteiger partial charge in [-0.2, -0.15) is 4.99 Å². The molecule has 6 nitrogen and oxygen atoms in total. The van der Waals surface area contributed by atoms with Crippen LogP contribution in [-0.2, 0) is 4.79 Å². The van der Waals surface area contributed by atoms with Crippen LogP contribution < -0.4 is 10.6 Å². The maximum atomic E-state index is 11.3. The number of amides is 1. The molecule has 0 aliphatic rings. The number of guanidine groups is 1. The SMILES string of the molecule is CC(=O)N/C(=N\c1nc(C)cc(C)n1)Nc1ccc(C)cc1. The maximum absolute atomic E-state index is 11.3. The molecule has 1 aromatic carbocycles. The first-order valence-electron chi connectivity index (χ1n) is 6.94. The molecule has 0 fully saturated rings. The van der Waals surface area contributed by atoms with Crippen LogP contribution in [0.1, 0.15) is 23.9 Å². The van der Waals surface area contributed by atoms with Gasteiger partial charge >= 0.3 is 0 Å². The molecule has 0 spiro atoms. The first-order valence-corrected chi connectivity index (χ1v) is 6.94. The summed E-state index contributed by atoms with van der Waals surface area (Å²) in [5.74, 6) is 0.380. The molecule has 1 heterocycles. The zero-order chi connectivity index (χ0) is 16.1. The van der Waals surface area contributed by atoms with Crippen LogP contribution in [-0.4, -0.2) is 21.8 Å². The van der Waals surface area contributed by atoms with Crippen molar-refractivity contribution in [1.29, 1.82) is 0 Å². The van der Waals surface area contributed by atoms with Crippen LogP contribution in [0.3, 0.4) is 0 Å². The van der Waals surface area contributed by atoms with Crippen molar-refractivity contribution in [2.45, 2.75) is 27.7 Å². The highest BCUT2D eigenvalue weighted by Gasteiger charge is 2.05. The highest BCUT2D eigenvalue weighted by molar-refractivity contribution is 6.04. The Hall–Kier alpha value is -2.76. The Balaban J connectivity index is 2.30. The van der Waals surface area contributed by atoms with Gasteiger partial charge in [0.15, 0.2) is 0 Å². The first kappa shape index (κ1) is 15.6. The number of hydrogen-bond donors (Lipinski definition) is 2. The third-order valence-electron chi connectivity index (χ3n) is 2.79. The lowest BCUT2D eigenvalue weighted by Crippen LogP contribution is -2.34. The molecule has 1 amide bonds. The van der Waals surface area contributed by atoms with E-state index in [1.165, 1.54) is 6.92 Å². The molecule has 0 saturated heterocycles. The van der Waals surface area contributed by atoms with Crippen molar-refractivity contribution in [3.8, 4) is 0 Å². The molecule has 0 radical (unpaired) electrons. The van der Waals surface area contributed by atoms with Crippen LogP contribution in [0.25, 0.3) is 0 Å². The number of anilines is 1. The summed E-state index contributed by atoms with van der Waals surface area (Å²) >= 11 is 0. The predicted molar refractivity (Wildman–Crippen MR) is 87.2 cm³/mol. The third-order valence-corrected chi connectivity index (χ3v) is 2.79. The number of nitrogens with one attached hydrogen (secondary N) is 2. The molecule has 0 aliphatic carbocycles. The number of aromatic nitrogens is 2. The van der Waals surface area contributed by atoms with Crippen molar-refractivity contribution >= 4 is 23.5 Å². The Kier molecular flexibility index (Phi) is 4.83. The zero-order valence-electron chi connectivity index (χ0n) is 13.1. The Labute approximate surface area is 129 Å². The zero-order valence-corrected chi connectivity index (χ0v) is 13.1. The largest absolute Gasteiger partial charge is 0.326 e. The van der Waals surface area contributed by atoms with Crippen LogP contribution in [0, 0.1) is 20.8 Å². The average molecular weight is 297 g/mol. The molecular formula is C16H19N5O. The van der Waals surface area contributed by atoms with E-state index in [0.29, 0.717) is 11.9 Å². The van der Waals surface area contributed by atoms with Gasteiger partial charge in [0.05, 0.1) is 0 Å². The van der Waals surface area contributed by atoms with E-state index in [-0.39, 0.29) is 5.91 Å². The van der Waals surface area contributed by atoms with Crippen LogP contribution in [0.4, 0.5) is 11.6 Å². The molecule has 0 atom stereocenters. The number of aliphatic imine (C=N–C) groups is 1. The summed E-state index contributed by atoms with van der Waals surface area (Å²) < 4.78 is 0. The molecule has 6 heteroatoms. The highest BCUT2D eigenvalue weighted by atomic mass is 16.1. The van der Waals surface area contributed by atoms with Gasteiger partial charge in [-0.05, 0) is 39.0 Å². The van der Waals surface area contributed by atoms with E-state index in [4.69, 9.17) is 0 Å². The Morgan fingerprint density at radius 2 is 1.64 bits per heavy atom. The molecule has 0 aliphatic heterocycles. The van der Waals surface area contributed by atoms with Crippen molar-refractivity contribution in [3.05, 3.63) is 47.3 Å². The molecule has 0 unspecified atom stereocenters. The van der Waals surface area contributed by atoms with Crippen LogP contribution in [0.2, 0.25) is 0 Å². The minimum Gasteiger partial charge on any atom is -0.326 e. The lowest BCUT2D eigenvalue weighted by atomic mass is 10.2. The summed E-state index contributed by atoms with van der Waals surface area (Å²) in [5, 5.41) is 5.71. The van der Waals surface area contributed by atoms with E-state index >= 15 is 0 Å². The number of carbonyl (C=O) groups is 1. The van der Waals surface area contributed by atoms with Gasteiger partial charge in [-0.25, -0.2) is 9.97 Å². The van der Waals surface area contributed by atoms with Gasteiger partial charge in [0, 0.05) is 24.0 Å². The molecule has 0 saturated carbocycles. The van der Waals surface area contributed by atoms with E-state index in [1.807, 2.05) is 51.1 Å². The van der Waals surface area contributed by atoms with Crippen molar-refractivity contribution in [3.63, 3.8) is 0 Å². The standard InChI is InChI=1S/C16H19N5O/c1-10-5-7-14(8-6-10)20-16(19-13(4)22)21-15-17-11(2)9-12(3)18-15/h5-9H,1-4H3,(H2,17,18,19,20,21,22). The van der Waals surface area contributed by atoms with Gasteiger partial charge in [-0.1, -0.05) is 17.7 Å². The minimum absolute atomic E-state index is 0.220. The van der Waals surface area contributed by atoms with E-state index < -0.39 is 0 Å². The fourth-order valence-electron chi connectivity index (χ4n) is 1.88. The summed E-state index contributed by atoms with van der Waals surface area (Å²) in [7, 11) is 0. The second-order valence-electron chi connectivity index (χ2n) is 5.08. The molecule has 22 heavy (non-hydrogen) atoms. The van der Waals surface area contributed by atoms with Crippen molar-refractivity contribution < 1.29 is 4.79 Å². The summed E-state index contributed by atoms with van der Waals surface area (Å²) in [4.78, 5) is 24.1. The Morgan fingerprint density at radius 3 is 2.18 bits per heavy atom. The fraction of sp³-hybridized carbons (Fsp3) is 0.250. The smallest absolute Gasteiger partial charge is 0.253 e. The van der Waals surface area contributed by atoms with Crippen LogP contribution >= 0.6 is 0 Å². The average Bonchev–Trinajstić information content (AvgIpc) is 2.39. The number of hydrogen-bond acceptors (Lipinski definition) is 4. The minimum atomic E-state index is -0.220. The molecule has 114 valence electrons. The van der Waals surface area contributed by atoms with Crippen LogP contribution in [0.15, 0.2) is 35.3 Å². The van der Waals surface area contributed by atoms with Crippen molar-refractivity contribution in [2.24, 2.45) is 4.99 Å². The van der Waals surface area contributed by atoms with Gasteiger partial charge in [0.2, 0.25) is 11.9 Å². The molecule has 1 aromatic heterocycles. The molecular weight excluding hydrogens is 278 g/mol. The maximum Gasteiger partial charge on any atom is 0.253 e. The number of carbonyl (C=O) groups excluding carboxylic acids is 1. The number of rotatable bonds is 2. The van der Waals surface area contributed by atoms with E-state index in [9.17, 15) is 4.79 Å². The van der Waals surface area contributed by atoms with Crippen molar-refractivity contribution in [1.82, 2.24) is 15.3 Å². The lowest BCUT2D eigenvalue weighted by molar-refractivity contribution is -0.117. The molecule has 2 rings (SSSR count). The topological polar surface area (TPSA) is 79.3 Å². The van der Waals surface area contributed by atoms with Gasteiger partial charge in [0.25, 0.3) is 5.95 Å². The van der Waals surface area contributed by atoms with Gasteiger partial charge in [-0.15, -0.1) is 0 Å². The number of benzene rings is 1. The normalized spacial score (nSPS) is 11.2. The van der Waals surface area contributed by atoms with Crippen molar-refractivity contribution in [2.75, 3.05) is 5.32 Å². The molecule has 2 N–H and O–H groups in total. The fourth-order valence-corrected chi connectivity index (χ4v) is 1.88. The monoisotopic (exact) mass is 297 g/mol. The summed E-state index contributed by atoms with van der Waals surface area (Å²) in [6, 6.07) is 9.64. The first-order chi connectivity index (χ1) is 10.4. The van der Waals surface area contributed by atoms with E-state index in [0.717, 1.165) is 22.6 Å². The highest BCUT2D eigenvalue weighted by Crippen LogP contribution is 2.11. The van der Waals surface area contributed by atoms with Crippen LogP contribution in [0.5, 0.6) is 0 Å².